The molecule has 0 spiro atoms. The second kappa shape index (κ2) is 4.59. The van der Waals surface area contributed by atoms with Gasteiger partial charge in [-0.15, -0.1) is 0 Å². The molecule has 1 rings (SSSR count). The lowest BCUT2D eigenvalue weighted by atomic mass is 10.2. The summed E-state index contributed by atoms with van der Waals surface area (Å²) >= 11 is 0. The lowest BCUT2D eigenvalue weighted by Crippen LogP contribution is -2.39. The summed E-state index contributed by atoms with van der Waals surface area (Å²) in [6, 6.07) is 7.92. The molecule has 0 aliphatic heterocycles. The summed E-state index contributed by atoms with van der Waals surface area (Å²) < 4.78 is 10.7. The van der Waals surface area contributed by atoms with Crippen molar-refractivity contribution >= 4 is 8.56 Å². The minimum Gasteiger partial charge on any atom is -0.508 e. The number of phenolic OH excluding ortho intramolecular Hbond substituents is 1. The molecule has 1 N–H and O–H groups in total. The summed E-state index contributed by atoms with van der Waals surface area (Å²) in [5, 5.41) is 9.58. The third-order valence-corrected chi connectivity index (χ3v) is 5.12. The van der Waals surface area contributed by atoms with Crippen LogP contribution in [-0.2, 0) is 14.9 Å². The van der Waals surface area contributed by atoms with Crippen LogP contribution in [0.25, 0.3) is 0 Å². The van der Waals surface area contributed by atoms with Gasteiger partial charge in [0, 0.05) is 20.3 Å². The molecule has 0 radical (unpaired) electrons. The zero-order valence-corrected chi connectivity index (χ0v) is 9.78. The molecular weight excluding hydrogens is 196 g/mol. The molecule has 0 aliphatic rings. The molecule has 0 atom stereocenters. The van der Waals surface area contributed by atoms with Gasteiger partial charge in [-0.2, -0.15) is 0 Å². The molecule has 0 bridgehead atoms. The molecule has 14 heavy (non-hydrogen) atoms. The summed E-state index contributed by atoms with van der Waals surface area (Å²) in [7, 11) is 1.17. The summed E-state index contributed by atoms with van der Waals surface area (Å²) in [5.41, 5.74) is 0.880. The Morgan fingerprint density at radius 1 is 1.21 bits per heavy atom. The summed E-state index contributed by atoms with van der Waals surface area (Å²) in [5.74, 6) is 0.306. The van der Waals surface area contributed by atoms with Crippen LogP contribution in [0.1, 0.15) is 5.56 Å². The van der Waals surface area contributed by atoms with Gasteiger partial charge in [0.2, 0.25) is 0 Å². The highest BCUT2D eigenvalue weighted by molar-refractivity contribution is 6.65. The van der Waals surface area contributed by atoms with Crippen molar-refractivity contribution in [2.45, 2.75) is 12.6 Å². The Hall–Kier alpha value is -0.843. The number of aromatic hydroxyl groups is 1. The minimum atomic E-state index is -2.13. The molecular formula is C10H16O3Si. The normalized spacial score (nSPS) is 11.6. The summed E-state index contributed by atoms with van der Waals surface area (Å²) in [6.45, 7) is 1.97. The Morgan fingerprint density at radius 3 is 2.29 bits per heavy atom. The van der Waals surface area contributed by atoms with E-state index in [4.69, 9.17) is 8.85 Å². The van der Waals surface area contributed by atoms with Gasteiger partial charge in [0.25, 0.3) is 0 Å². The Kier molecular flexibility index (Phi) is 3.68. The fourth-order valence-corrected chi connectivity index (χ4v) is 2.68. The first-order valence-electron chi connectivity index (χ1n) is 4.48. The predicted molar refractivity (Wildman–Crippen MR) is 57.4 cm³/mol. The molecule has 4 heteroatoms. The third kappa shape index (κ3) is 2.57. The highest BCUT2D eigenvalue weighted by atomic mass is 28.4. The van der Waals surface area contributed by atoms with Crippen LogP contribution in [-0.4, -0.2) is 27.9 Å². The Labute approximate surface area is 85.5 Å². The largest absolute Gasteiger partial charge is 0.508 e. The molecule has 1 aromatic carbocycles. The fraction of sp³-hybridized carbons (Fsp3) is 0.400. The van der Waals surface area contributed by atoms with Gasteiger partial charge in [0.15, 0.2) is 0 Å². The van der Waals surface area contributed by atoms with Gasteiger partial charge in [0.1, 0.15) is 5.75 Å². The van der Waals surface area contributed by atoms with Gasteiger partial charge in [-0.05, 0) is 18.2 Å². The van der Waals surface area contributed by atoms with Crippen LogP contribution in [0, 0.1) is 0 Å². The molecule has 0 heterocycles. The van der Waals surface area contributed by atoms with Crippen molar-refractivity contribution in [2.24, 2.45) is 0 Å². The van der Waals surface area contributed by atoms with E-state index in [0.29, 0.717) is 11.8 Å². The molecule has 0 aromatic heterocycles. The molecule has 0 aliphatic carbocycles. The van der Waals surface area contributed by atoms with Crippen molar-refractivity contribution in [1.29, 1.82) is 0 Å². The van der Waals surface area contributed by atoms with Crippen LogP contribution in [0.5, 0.6) is 5.75 Å². The predicted octanol–water partition coefficient (Wildman–Crippen LogP) is 1.84. The van der Waals surface area contributed by atoms with Crippen LogP contribution in [0.3, 0.4) is 0 Å². The van der Waals surface area contributed by atoms with Crippen LogP contribution >= 0.6 is 0 Å². The topological polar surface area (TPSA) is 38.7 Å². The third-order valence-electron chi connectivity index (χ3n) is 2.37. The lowest BCUT2D eigenvalue weighted by Gasteiger charge is -2.22. The quantitative estimate of drug-likeness (QED) is 0.774. The first-order chi connectivity index (χ1) is 6.61. The number of benzene rings is 1. The SMILES string of the molecule is CO[Si](C)(Cc1ccccc1O)OC. The highest BCUT2D eigenvalue weighted by Gasteiger charge is 2.29. The van der Waals surface area contributed by atoms with E-state index in [9.17, 15) is 5.11 Å². The maximum atomic E-state index is 9.58. The molecule has 0 amide bonds. The maximum Gasteiger partial charge on any atom is 0.339 e. The van der Waals surface area contributed by atoms with Crippen molar-refractivity contribution in [3.8, 4) is 5.75 Å². The monoisotopic (exact) mass is 212 g/mol. The molecule has 0 unspecified atom stereocenters. The van der Waals surface area contributed by atoms with E-state index in [-0.39, 0.29) is 0 Å². The smallest absolute Gasteiger partial charge is 0.339 e. The van der Waals surface area contributed by atoms with E-state index in [1.165, 1.54) is 0 Å². The Balaban J connectivity index is 2.82. The zero-order chi connectivity index (χ0) is 10.6. The van der Waals surface area contributed by atoms with Gasteiger partial charge in [-0.3, -0.25) is 0 Å². The average Bonchev–Trinajstić information content (AvgIpc) is 2.21. The van der Waals surface area contributed by atoms with Gasteiger partial charge in [-0.1, -0.05) is 18.2 Å². The Bertz CT molecular complexity index is 297. The highest BCUT2D eigenvalue weighted by Crippen LogP contribution is 2.21. The van der Waals surface area contributed by atoms with E-state index in [2.05, 4.69) is 0 Å². The zero-order valence-electron chi connectivity index (χ0n) is 8.78. The van der Waals surface area contributed by atoms with Crippen LogP contribution in [0.4, 0.5) is 0 Å². The minimum absolute atomic E-state index is 0.306. The van der Waals surface area contributed by atoms with Gasteiger partial charge >= 0.3 is 8.56 Å². The van der Waals surface area contributed by atoms with Gasteiger partial charge in [-0.25, -0.2) is 0 Å². The molecule has 3 nitrogen and oxygen atoms in total. The number of rotatable bonds is 4. The molecule has 0 saturated heterocycles. The Morgan fingerprint density at radius 2 is 1.79 bits per heavy atom. The molecule has 0 fully saturated rings. The second-order valence-electron chi connectivity index (χ2n) is 3.35. The number of phenols is 1. The van der Waals surface area contributed by atoms with Crippen LogP contribution in [0.2, 0.25) is 6.55 Å². The van der Waals surface area contributed by atoms with E-state index in [0.717, 1.165) is 5.56 Å². The summed E-state index contributed by atoms with van der Waals surface area (Å²) in [6.07, 6.45) is 0. The van der Waals surface area contributed by atoms with Crippen molar-refractivity contribution in [1.82, 2.24) is 0 Å². The second-order valence-corrected chi connectivity index (χ2v) is 6.79. The number of hydrogen-bond acceptors (Lipinski definition) is 3. The van der Waals surface area contributed by atoms with Crippen molar-refractivity contribution in [2.75, 3.05) is 14.2 Å². The first kappa shape index (κ1) is 11.2. The lowest BCUT2D eigenvalue weighted by molar-refractivity contribution is 0.248. The van der Waals surface area contributed by atoms with E-state index >= 15 is 0 Å². The molecule has 0 saturated carbocycles. The summed E-state index contributed by atoms with van der Waals surface area (Å²) in [4.78, 5) is 0. The number of hydrogen-bond donors (Lipinski definition) is 1. The van der Waals surface area contributed by atoms with Crippen molar-refractivity contribution in [3.05, 3.63) is 29.8 Å². The van der Waals surface area contributed by atoms with E-state index in [1.807, 2.05) is 18.7 Å². The molecule has 1 aromatic rings. The van der Waals surface area contributed by atoms with Gasteiger partial charge < -0.3 is 14.0 Å². The number of para-hydroxylation sites is 1. The van der Waals surface area contributed by atoms with Crippen molar-refractivity contribution < 1.29 is 14.0 Å². The van der Waals surface area contributed by atoms with E-state index < -0.39 is 8.56 Å². The maximum absolute atomic E-state index is 9.58. The van der Waals surface area contributed by atoms with Crippen LogP contribution in [0.15, 0.2) is 24.3 Å². The standard InChI is InChI=1S/C10H16O3Si/c1-12-14(3,13-2)8-9-6-4-5-7-10(9)11/h4-7,11H,8H2,1-3H3. The van der Waals surface area contributed by atoms with Crippen LogP contribution < -0.4 is 0 Å². The van der Waals surface area contributed by atoms with Gasteiger partial charge in [0.05, 0.1) is 0 Å². The molecule has 78 valence electrons. The van der Waals surface area contributed by atoms with Crippen molar-refractivity contribution in [3.63, 3.8) is 0 Å². The average molecular weight is 212 g/mol. The fourth-order valence-electron chi connectivity index (χ4n) is 1.23. The van der Waals surface area contributed by atoms with E-state index in [1.54, 1.807) is 26.4 Å². The first-order valence-corrected chi connectivity index (χ1v) is 7.01.